The van der Waals surface area contributed by atoms with Crippen LogP contribution in [0.15, 0.2) is 18.2 Å². The van der Waals surface area contributed by atoms with Crippen LogP contribution in [0, 0.1) is 0 Å². The summed E-state index contributed by atoms with van der Waals surface area (Å²) in [5.74, 6) is 0.0412. The number of alkyl halides is 2. The van der Waals surface area contributed by atoms with E-state index in [4.69, 9.17) is 9.47 Å². The second-order valence-electron chi connectivity index (χ2n) is 4.76. The number of carbonyl (C=O) groups is 1. The summed E-state index contributed by atoms with van der Waals surface area (Å²) in [7, 11) is 1.38. The fraction of sp³-hybridized carbons (Fsp3) is 0.562. The first-order chi connectivity index (χ1) is 11.0. The van der Waals surface area contributed by atoms with Crippen LogP contribution >= 0.6 is 0 Å². The molecule has 1 atom stereocenters. The minimum absolute atomic E-state index is 0.0212. The summed E-state index contributed by atoms with van der Waals surface area (Å²) in [5, 5.41) is 2.77. The van der Waals surface area contributed by atoms with Crippen molar-refractivity contribution in [3.63, 3.8) is 0 Å². The quantitative estimate of drug-likeness (QED) is 0.716. The second-order valence-corrected chi connectivity index (χ2v) is 4.76. The third-order valence-electron chi connectivity index (χ3n) is 3.19. The normalized spacial score (nSPS) is 12.1. The molecule has 1 aromatic carbocycles. The molecule has 23 heavy (non-hydrogen) atoms. The fourth-order valence-electron chi connectivity index (χ4n) is 2.09. The Bertz CT molecular complexity index is 497. The Kier molecular flexibility index (Phi) is 8.32. The summed E-state index contributed by atoms with van der Waals surface area (Å²) in [6, 6.07) is 4.78. The molecule has 0 radical (unpaired) electrons. The molecule has 1 N–H and O–H groups in total. The number of amides is 1. The fourth-order valence-corrected chi connectivity index (χ4v) is 2.09. The molecule has 0 saturated heterocycles. The van der Waals surface area contributed by atoms with Crippen LogP contribution in [-0.2, 0) is 16.0 Å². The van der Waals surface area contributed by atoms with E-state index in [0.29, 0.717) is 26.0 Å². The molecular formula is C16H23F2NO4. The lowest BCUT2D eigenvalue weighted by atomic mass is 10.1. The molecule has 0 bridgehead atoms. The van der Waals surface area contributed by atoms with Crippen molar-refractivity contribution >= 4 is 5.91 Å². The zero-order chi connectivity index (χ0) is 17.2. The molecule has 1 aromatic rings. The maximum atomic E-state index is 12.4. The minimum atomic E-state index is -2.92. The predicted molar refractivity (Wildman–Crippen MR) is 82.0 cm³/mol. The van der Waals surface area contributed by atoms with Crippen LogP contribution in [-0.4, -0.2) is 38.9 Å². The van der Waals surface area contributed by atoms with E-state index in [-0.39, 0.29) is 17.4 Å². The molecule has 5 nitrogen and oxygen atoms in total. The van der Waals surface area contributed by atoms with Crippen LogP contribution in [0.3, 0.4) is 0 Å². The van der Waals surface area contributed by atoms with Gasteiger partial charge in [-0.1, -0.05) is 13.0 Å². The lowest BCUT2D eigenvalue weighted by molar-refractivity contribution is -0.132. The van der Waals surface area contributed by atoms with Gasteiger partial charge in [0.15, 0.2) is 11.5 Å². The lowest BCUT2D eigenvalue weighted by Gasteiger charge is -2.15. The third kappa shape index (κ3) is 6.40. The van der Waals surface area contributed by atoms with Crippen molar-refractivity contribution in [2.75, 3.05) is 20.3 Å². The molecule has 130 valence electrons. The van der Waals surface area contributed by atoms with Gasteiger partial charge in [0.2, 0.25) is 5.91 Å². The second kappa shape index (κ2) is 9.99. The first-order valence-electron chi connectivity index (χ1n) is 7.52. The van der Waals surface area contributed by atoms with E-state index in [1.807, 2.05) is 13.8 Å². The van der Waals surface area contributed by atoms with Crippen molar-refractivity contribution in [1.82, 2.24) is 5.32 Å². The molecule has 7 heteroatoms. The van der Waals surface area contributed by atoms with Gasteiger partial charge in [0, 0.05) is 13.2 Å². The van der Waals surface area contributed by atoms with Gasteiger partial charge in [0.05, 0.1) is 7.11 Å². The van der Waals surface area contributed by atoms with Crippen molar-refractivity contribution in [3.05, 3.63) is 23.8 Å². The number of hydrogen-bond acceptors (Lipinski definition) is 4. The Morgan fingerprint density at radius 2 is 2.00 bits per heavy atom. The Morgan fingerprint density at radius 1 is 1.26 bits per heavy atom. The maximum Gasteiger partial charge on any atom is 0.387 e. The highest BCUT2D eigenvalue weighted by molar-refractivity contribution is 5.80. The van der Waals surface area contributed by atoms with Crippen LogP contribution in [0.4, 0.5) is 8.78 Å². The van der Waals surface area contributed by atoms with Crippen molar-refractivity contribution in [2.45, 2.75) is 39.4 Å². The highest BCUT2D eigenvalue weighted by atomic mass is 19.3. The topological polar surface area (TPSA) is 56.8 Å². The molecular weight excluding hydrogens is 308 g/mol. The van der Waals surface area contributed by atoms with E-state index in [2.05, 4.69) is 10.1 Å². The Labute approximate surface area is 134 Å². The molecule has 0 heterocycles. The van der Waals surface area contributed by atoms with Gasteiger partial charge in [0.25, 0.3) is 0 Å². The smallest absolute Gasteiger partial charge is 0.387 e. The average molecular weight is 331 g/mol. The molecule has 1 unspecified atom stereocenters. The van der Waals surface area contributed by atoms with Crippen molar-refractivity contribution in [2.24, 2.45) is 0 Å². The van der Waals surface area contributed by atoms with Crippen LogP contribution < -0.4 is 14.8 Å². The van der Waals surface area contributed by atoms with Crippen molar-refractivity contribution < 1.29 is 27.8 Å². The SMILES string of the molecule is CCOC(CC)C(=O)NCCc1ccc(OC)c(OC(F)F)c1. The molecule has 0 aliphatic heterocycles. The van der Waals surface area contributed by atoms with Crippen LogP contribution in [0.5, 0.6) is 11.5 Å². The van der Waals surface area contributed by atoms with Gasteiger partial charge < -0.3 is 19.5 Å². The van der Waals surface area contributed by atoms with E-state index in [0.717, 1.165) is 5.56 Å². The number of halogens is 2. The van der Waals surface area contributed by atoms with E-state index in [9.17, 15) is 13.6 Å². The molecule has 1 rings (SSSR count). The standard InChI is InChI=1S/C16H23F2NO4/c1-4-12(22-5-2)15(20)19-9-8-11-6-7-13(21-3)14(10-11)23-16(17)18/h6-7,10,12,16H,4-5,8-9H2,1-3H3,(H,19,20). The Morgan fingerprint density at radius 3 is 2.57 bits per heavy atom. The molecule has 0 aliphatic carbocycles. The summed E-state index contributed by atoms with van der Waals surface area (Å²) >= 11 is 0. The Balaban J connectivity index is 2.59. The number of rotatable bonds is 10. The summed E-state index contributed by atoms with van der Waals surface area (Å²) in [6.07, 6.45) is 0.612. The van der Waals surface area contributed by atoms with E-state index in [1.54, 1.807) is 12.1 Å². The highest BCUT2D eigenvalue weighted by Crippen LogP contribution is 2.29. The van der Waals surface area contributed by atoms with Gasteiger partial charge in [0.1, 0.15) is 6.10 Å². The predicted octanol–water partition coefficient (Wildman–Crippen LogP) is 2.77. The van der Waals surface area contributed by atoms with Crippen molar-refractivity contribution in [1.29, 1.82) is 0 Å². The molecule has 0 saturated carbocycles. The lowest BCUT2D eigenvalue weighted by Crippen LogP contribution is -2.37. The van der Waals surface area contributed by atoms with E-state index < -0.39 is 12.7 Å². The number of carbonyl (C=O) groups excluding carboxylic acids is 1. The summed E-state index contributed by atoms with van der Waals surface area (Å²) in [4.78, 5) is 11.9. The first kappa shape index (κ1) is 19.2. The largest absolute Gasteiger partial charge is 0.493 e. The van der Waals surface area contributed by atoms with Crippen LogP contribution in [0.25, 0.3) is 0 Å². The van der Waals surface area contributed by atoms with E-state index >= 15 is 0 Å². The number of benzene rings is 1. The molecule has 0 aliphatic rings. The van der Waals surface area contributed by atoms with Crippen LogP contribution in [0.1, 0.15) is 25.8 Å². The number of nitrogens with one attached hydrogen (secondary N) is 1. The van der Waals surface area contributed by atoms with Gasteiger partial charge >= 0.3 is 6.61 Å². The van der Waals surface area contributed by atoms with Gasteiger partial charge in [-0.2, -0.15) is 8.78 Å². The molecule has 0 fully saturated rings. The number of ether oxygens (including phenoxy) is 3. The van der Waals surface area contributed by atoms with Gasteiger partial charge in [-0.05, 0) is 37.5 Å². The molecule has 1 amide bonds. The highest BCUT2D eigenvalue weighted by Gasteiger charge is 2.16. The summed E-state index contributed by atoms with van der Waals surface area (Å²) in [6.45, 7) is 1.63. The van der Waals surface area contributed by atoms with Crippen LogP contribution in [0.2, 0.25) is 0 Å². The van der Waals surface area contributed by atoms with Gasteiger partial charge in [-0.15, -0.1) is 0 Å². The number of methoxy groups -OCH3 is 1. The zero-order valence-electron chi connectivity index (χ0n) is 13.6. The van der Waals surface area contributed by atoms with E-state index in [1.165, 1.54) is 13.2 Å². The Hall–Kier alpha value is -1.89. The number of hydrogen-bond donors (Lipinski definition) is 1. The minimum Gasteiger partial charge on any atom is -0.493 e. The third-order valence-corrected chi connectivity index (χ3v) is 3.19. The first-order valence-corrected chi connectivity index (χ1v) is 7.52. The molecule has 0 spiro atoms. The summed E-state index contributed by atoms with van der Waals surface area (Å²) < 4.78 is 39.5. The average Bonchev–Trinajstić information content (AvgIpc) is 2.52. The van der Waals surface area contributed by atoms with Gasteiger partial charge in [-0.25, -0.2) is 0 Å². The van der Waals surface area contributed by atoms with Crippen molar-refractivity contribution in [3.8, 4) is 11.5 Å². The molecule has 0 aromatic heterocycles. The monoisotopic (exact) mass is 331 g/mol. The summed E-state index contributed by atoms with van der Waals surface area (Å²) in [5.41, 5.74) is 0.756. The van der Waals surface area contributed by atoms with Gasteiger partial charge in [-0.3, -0.25) is 4.79 Å². The maximum absolute atomic E-state index is 12.4. The zero-order valence-corrected chi connectivity index (χ0v) is 13.6.